The fourth-order valence-electron chi connectivity index (χ4n) is 1.85. The fourth-order valence-corrected chi connectivity index (χ4v) is 2.73. The van der Waals surface area contributed by atoms with E-state index in [1.54, 1.807) is 23.6 Å². The lowest BCUT2D eigenvalue weighted by Gasteiger charge is -2.20. The molecule has 0 aliphatic carbocycles. The molecular weight excluding hydrogens is 286 g/mol. The Morgan fingerprint density at radius 3 is 2.52 bits per heavy atom. The van der Waals surface area contributed by atoms with Crippen LogP contribution in [0.25, 0.3) is 0 Å². The van der Waals surface area contributed by atoms with Crippen LogP contribution in [0.4, 0.5) is 0 Å². The zero-order chi connectivity index (χ0) is 15.5. The van der Waals surface area contributed by atoms with Crippen LogP contribution in [0.2, 0.25) is 0 Å². The van der Waals surface area contributed by atoms with E-state index in [0.29, 0.717) is 18.9 Å². The summed E-state index contributed by atoms with van der Waals surface area (Å²) in [6.07, 6.45) is 0.828. The van der Waals surface area contributed by atoms with Crippen LogP contribution in [0, 0.1) is 0 Å². The Kier molecular flexibility index (Phi) is 8.59. The first-order valence-electron chi connectivity index (χ1n) is 7.22. The molecule has 0 radical (unpaired) electrons. The van der Waals surface area contributed by atoms with E-state index in [2.05, 4.69) is 0 Å². The van der Waals surface area contributed by atoms with Crippen LogP contribution >= 0.6 is 11.8 Å². The molecule has 0 spiro atoms. The lowest BCUT2D eigenvalue weighted by atomic mass is 10.2. The van der Waals surface area contributed by atoms with E-state index in [4.69, 9.17) is 4.74 Å². The molecule has 0 N–H and O–H groups in total. The summed E-state index contributed by atoms with van der Waals surface area (Å²) < 4.78 is 4.90. The van der Waals surface area contributed by atoms with Crippen molar-refractivity contribution in [3.05, 3.63) is 35.9 Å². The first-order chi connectivity index (χ1) is 10.2. The summed E-state index contributed by atoms with van der Waals surface area (Å²) in [6.45, 7) is 4.73. The lowest BCUT2D eigenvalue weighted by Crippen LogP contribution is -2.38. The average Bonchev–Trinajstić information content (AvgIpc) is 2.48. The Labute approximate surface area is 130 Å². The Morgan fingerprint density at radius 2 is 1.90 bits per heavy atom. The van der Waals surface area contributed by atoms with Crippen molar-refractivity contribution in [3.63, 3.8) is 0 Å². The second-order valence-corrected chi connectivity index (χ2v) is 5.58. The van der Waals surface area contributed by atoms with Crippen molar-refractivity contribution in [2.45, 2.75) is 26.0 Å². The molecule has 0 fully saturated rings. The second-order valence-electron chi connectivity index (χ2n) is 4.60. The van der Waals surface area contributed by atoms with E-state index in [9.17, 15) is 9.59 Å². The number of nitrogens with zero attached hydrogens (tertiary/aromatic N) is 1. The molecule has 0 aromatic heterocycles. The van der Waals surface area contributed by atoms with Crippen molar-refractivity contribution in [2.24, 2.45) is 0 Å². The molecule has 0 heterocycles. The lowest BCUT2D eigenvalue weighted by molar-refractivity contribution is -0.148. The van der Waals surface area contributed by atoms with E-state index in [-0.39, 0.29) is 18.4 Å². The highest BCUT2D eigenvalue weighted by atomic mass is 32.2. The number of rotatable bonds is 9. The van der Waals surface area contributed by atoms with Crippen molar-refractivity contribution in [3.8, 4) is 0 Å². The smallest absolute Gasteiger partial charge is 0.325 e. The van der Waals surface area contributed by atoms with Gasteiger partial charge >= 0.3 is 5.97 Å². The van der Waals surface area contributed by atoms with Gasteiger partial charge in [-0.2, -0.15) is 0 Å². The molecule has 21 heavy (non-hydrogen) atoms. The number of hydrogen-bond acceptors (Lipinski definition) is 4. The molecule has 1 aromatic rings. The predicted octanol–water partition coefficient (Wildman–Crippen LogP) is 2.72. The van der Waals surface area contributed by atoms with Crippen LogP contribution in [0.15, 0.2) is 30.3 Å². The summed E-state index contributed by atoms with van der Waals surface area (Å²) in [5.41, 5.74) is 1.20. The zero-order valence-corrected chi connectivity index (χ0v) is 13.5. The monoisotopic (exact) mass is 309 g/mol. The largest absolute Gasteiger partial charge is 0.465 e. The number of esters is 1. The summed E-state index contributed by atoms with van der Waals surface area (Å²) in [4.78, 5) is 25.2. The molecule has 1 amide bonds. The third-order valence-electron chi connectivity index (χ3n) is 2.81. The van der Waals surface area contributed by atoms with Gasteiger partial charge in [0.2, 0.25) is 5.91 Å². The Bertz CT molecular complexity index is 436. The number of benzene rings is 1. The van der Waals surface area contributed by atoms with Crippen LogP contribution in [0.5, 0.6) is 0 Å². The summed E-state index contributed by atoms with van der Waals surface area (Å²) in [6, 6.07) is 10.0. The molecule has 4 nitrogen and oxygen atoms in total. The number of carbonyl (C=O) groups is 2. The van der Waals surface area contributed by atoms with Crippen LogP contribution in [0.3, 0.4) is 0 Å². The van der Waals surface area contributed by atoms with Gasteiger partial charge in [0.15, 0.2) is 0 Å². The van der Waals surface area contributed by atoms with Gasteiger partial charge in [0.25, 0.3) is 0 Å². The van der Waals surface area contributed by atoms with Crippen LogP contribution in [-0.4, -0.2) is 42.2 Å². The molecule has 1 rings (SSSR count). The summed E-state index contributed by atoms with van der Waals surface area (Å²) >= 11 is 1.57. The van der Waals surface area contributed by atoms with E-state index >= 15 is 0 Å². The molecular formula is C16H23NO3S. The Morgan fingerprint density at radius 1 is 1.19 bits per heavy atom. The molecule has 0 unspecified atom stereocenters. The highest BCUT2D eigenvalue weighted by Crippen LogP contribution is 2.12. The molecule has 116 valence electrons. The molecule has 1 aromatic carbocycles. The van der Waals surface area contributed by atoms with Crippen LogP contribution in [0.1, 0.15) is 25.8 Å². The number of thioether (sulfide) groups is 1. The van der Waals surface area contributed by atoms with Gasteiger partial charge < -0.3 is 9.64 Å². The summed E-state index contributed by atoms with van der Waals surface area (Å²) in [7, 11) is 0. The van der Waals surface area contributed by atoms with Crippen LogP contribution in [-0.2, 0) is 20.1 Å². The maximum absolute atomic E-state index is 12.2. The van der Waals surface area contributed by atoms with Gasteiger partial charge in [0.1, 0.15) is 6.54 Å². The van der Waals surface area contributed by atoms with Crippen molar-refractivity contribution >= 4 is 23.6 Å². The molecule has 0 aliphatic heterocycles. The average molecular weight is 309 g/mol. The van der Waals surface area contributed by atoms with Crippen molar-refractivity contribution in [1.29, 1.82) is 0 Å². The highest BCUT2D eigenvalue weighted by Gasteiger charge is 2.16. The van der Waals surface area contributed by atoms with Crippen LogP contribution < -0.4 is 0 Å². The van der Waals surface area contributed by atoms with Gasteiger partial charge in [0.05, 0.1) is 12.4 Å². The number of hydrogen-bond donors (Lipinski definition) is 0. The molecule has 0 saturated heterocycles. The second kappa shape index (κ2) is 10.3. The van der Waals surface area contributed by atoms with E-state index in [1.165, 1.54) is 5.56 Å². The maximum Gasteiger partial charge on any atom is 0.325 e. The molecule has 0 saturated carbocycles. The van der Waals surface area contributed by atoms with Gasteiger partial charge in [-0.15, -0.1) is 11.8 Å². The quantitative estimate of drug-likeness (QED) is 0.658. The minimum Gasteiger partial charge on any atom is -0.465 e. The van der Waals surface area contributed by atoms with Gasteiger partial charge in [-0.05, 0) is 18.9 Å². The Hall–Kier alpha value is -1.49. The normalized spacial score (nSPS) is 10.2. The minimum absolute atomic E-state index is 0.00849. The predicted molar refractivity (Wildman–Crippen MR) is 86.1 cm³/mol. The first kappa shape index (κ1) is 17.6. The first-order valence-corrected chi connectivity index (χ1v) is 8.37. The number of ether oxygens (including phenoxy) is 1. The molecule has 0 aliphatic rings. The van der Waals surface area contributed by atoms with Gasteiger partial charge in [0, 0.05) is 12.3 Å². The zero-order valence-electron chi connectivity index (χ0n) is 12.7. The third kappa shape index (κ3) is 7.18. The molecule has 5 heteroatoms. The van der Waals surface area contributed by atoms with Gasteiger partial charge in [-0.1, -0.05) is 37.3 Å². The summed E-state index contributed by atoms with van der Waals surface area (Å²) in [5.74, 6) is 0.832. The van der Waals surface area contributed by atoms with Crippen molar-refractivity contribution < 1.29 is 14.3 Å². The maximum atomic E-state index is 12.2. The third-order valence-corrected chi connectivity index (χ3v) is 3.80. The topological polar surface area (TPSA) is 46.6 Å². The standard InChI is InChI=1S/C16H23NO3S/c1-3-10-17(11-16(19)20-4-2)15(18)13-21-12-14-8-6-5-7-9-14/h5-9H,3-4,10-13H2,1-2H3. The van der Waals surface area contributed by atoms with Gasteiger partial charge in [-0.3, -0.25) is 9.59 Å². The van der Waals surface area contributed by atoms with Crippen molar-refractivity contribution in [1.82, 2.24) is 4.90 Å². The van der Waals surface area contributed by atoms with E-state index < -0.39 is 0 Å². The fraction of sp³-hybridized carbons (Fsp3) is 0.500. The number of carbonyl (C=O) groups excluding carboxylic acids is 2. The number of amides is 1. The molecule has 0 bridgehead atoms. The Balaban J connectivity index is 2.39. The van der Waals surface area contributed by atoms with Gasteiger partial charge in [-0.25, -0.2) is 0 Å². The van der Waals surface area contributed by atoms with E-state index in [1.807, 2.05) is 37.3 Å². The SMILES string of the molecule is CCCN(CC(=O)OCC)C(=O)CSCc1ccccc1. The minimum atomic E-state index is -0.340. The van der Waals surface area contributed by atoms with Crippen molar-refractivity contribution in [2.75, 3.05) is 25.4 Å². The molecule has 0 atom stereocenters. The summed E-state index contributed by atoms with van der Waals surface area (Å²) in [5, 5.41) is 0. The highest BCUT2D eigenvalue weighted by molar-refractivity contribution is 7.99. The van der Waals surface area contributed by atoms with E-state index in [0.717, 1.165) is 12.2 Å².